The lowest BCUT2D eigenvalue weighted by atomic mass is 10.1. The van der Waals surface area contributed by atoms with Gasteiger partial charge in [-0.25, -0.2) is 8.78 Å². The fourth-order valence-electron chi connectivity index (χ4n) is 2.94. The van der Waals surface area contributed by atoms with E-state index in [1.165, 1.54) is 11.0 Å². The highest BCUT2D eigenvalue weighted by atomic mass is 19.1. The Morgan fingerprint density at radius 3 is 2.28 bits per heavy atom. The van der Waals surface area contributed by atoms with Crippen LogP contribution < -0.4 is 4.90 Å². The van der Waals surface area contributed by atoms with Crippen molar-refractivity contribution in [2.75, 3.05) is 18.0 Å². The number of carbonyl (C=O) groups is 2. The molecule has 1 atom stereocenters. The first kappa shape index (κ1) is 17.1. The lowest BCUT2D eigenvalue weighted by molar-refractivity contribution is -0.121. The molecule has 0 N–H and O–H groups in total. The molecule has 1 fully saturated rings. The van der Waals surface area contributed by atoms with Crippen LogP contribution in [0.25, 0.3) is 0 Å². The predicted molar refractivity (Wildman–Crippen MR) is 90.4 cm³/mol. The summed E-state index contributed by atoms with van der Waals surface area (Å²) in [6, 6.07) is 10.4. The van der Waals surface area contributed by atoms with Crippen LogP contribution >= 0.6 is 0 Å². The average Bonchev–Trinajstić information content (AvgIpc) is 2.57. The molecule has 0 saturated carbocycles. The molecule has 2 amide bonds. The van der Waals surface area contributed by atoms with Gasteiger partial charge in [-0.1, -0.05) is 23.8 Å². The van der Waals surface area contributed by atoms with Gasteiger partial charge in [0.25, 0.3) is 5.91 Å². The summed E-state index contributed by atoms with van der Waals surface area (Å²) in [7, 11) is 0. The van der Waals surface area contributed by atoms with Gasteiger partial charge in [0, 0.05) is 18.3 Å². The summed E-state index contributed by atoms with van der Waals surface area (Å²) >= 11 is 0. The zero-order valence-electron chi connectivity index (χ0n) is 14.0. The zero-order chi connectivity index (χ0) is 18.1. The number of anilines is 1. The summed E-state index contributed by atoms with van der Waals surface area (Å²) in [5.74, 6) is -2.94. The van der Waals surface area contributed by atoms with E-state index in [1.807, 2.05) is 31.2 Å². The Balaban J connectivity index is 1.84. The van der Waals surface area contributed by atoms with Crippen molar-refractivity contribution in [3.05, 3.63) is 65.2 Å². The number of aryl methyl sites for hydroxylation is 1. The Labute approximate surface area is 144 Å². The zero-order valence-corrected chi connectivity index (χ0v) is 14.0. The molecule has 0 aromatic heterocycles. The van der Waals surface area contributed by atoms with Gasteiger partial charge in [-0.05, 0) is 38.1 Å². The molecule has 0 unspecified atom stereocenters. The molecule has 6 heteroatoms. The standard InChI is InChI=1S/C19H18F2N2O2/c1-12-6-8-14(9-7-12)23-10-13(2)22(11-17(23)24)19(25)18-15(20)4-3-5-16(18)21/h3-9,13H,10-11H2,1-2H3/t13-/m1/s1. The van der Waals surface area contributed by atoms with Crippen molar-refractivity contribution in [2.24, 2.45) is 0 Å². The molecule has 25 heavy (non-hydrogen) atoms. The summed E-state index contributed by atoms with van der Waals surface area (Å²) < 4.78 is 27.8. The van der Waals surface area contributed by atoms with Crippen molar-refractivity contribution in [2.45, 2.75) is 19.9 Å². The highest BCUT2D eigenvalue weighted by molar-refractivity contribution is 6.02. The summed E-state index contributed by atoms with van der Waals surface area (Å²) in [4.78, 5) is 27.9. The number of halogens is 2. The third-order valence-electron chi connectivity index (χ3n) is 4.37. The topological polar surface area (TPSA) is 40.6 Å². The summed E-state index contributed by atoms with van der Waals surface area (Å²) in [5, 5.41) is 0. The van der Waals surface area contributed by atoms with E-state index in [0.29, 0.717) is 0 Å². The van der Waals surface area contributed by atoms with Crippen LogP contribution in [0.15, 0.2) is 42.5 Å². The molecular formula is C19H18F2N2O2. The lowest BCUT2D eigenvalue weighted by Gasteiger charge is -2.39. The van der Waals surface area contributed by atoms with Crippen LogP contribution in [0.3, 0.4) is 0 Å². The van der Waals surface area contributed by atoms with E-state index in [0.717, 1.165) is 23.4 Å². The minimum absolute atomic E-state index is 0.221. The smallest absolute Gasteiger partial charge is 0.260 e. The Hall–Kier alpha value is -2.76. The Bertz CT molecular complexity index is 800. The third-order valence-corrected chi connectivity index (χ3v) is 4.37. The molecule has 0 spiro atoms. The van der Waals surface area contributed by atoms with Gasteiger partial charge in [-0.15, -0.1) is 0 Å². The van der Waals surface area contributed by atoms with Crippen LogP contribution in [-0.4, -0.2) is 35.8 Å². The fraction of sp³-hybridized carbons (Fsp3) is 0.263. The van der Waals surface area contributed by atoms with Crippen LogP contribution in [0, 0.1) is 18.6 Å². The maximum Gasteiger partial charge on any atom is 0.260 e. The number of benzene rings is 2. The van der Waals surface area contributed by atoms with Gasteiger partial charge in [0.05, 0.1) is 0 Å². The van der Waals surface area contributed by atoms with E-state index in [-0.39, 0.29) is 25.0 Å². The number of amides is 2. The molecule has 3 rings (SSSR count). The maximum atomic E-state index is 13.9. The van der Waals surface area contributed by atoms with Gasteiger partial charge in [-0.2, -0.15) is 0 Å². The van der Waals surface area contributed by atoms with Crippen LogP contribution in [0.2, 0.25) is 0 Å². The van der Waals surface area contributed by atoms with Gasteiger partial charge in [-0.3, -0.25) is 9.59 Å². The average molecular weight is 344 g/mol. The molecule has 2 aromatic carbocycles. The Morgan fingerprint density at radius 2 is 1.68 bits per heavy atom. The van der Waals surface area contributed by atoms with E-state index in [1.54, 1.807) is 11.8 Å². The molecular weight excluding hydrogens is 326 g/mol. The normalized spacial score (nSPS) is 17.8. The summed E-state index contributed by atoms with van der Waals surface area (Å²) in [6.07, 6.45) is 0. The quantitative estimate of drug-likeness (QED) is 0.840. The molecule has 1 heterocycles. The van der Waals surface area contributed by atoms with Crippen molar-refractivity contribution in [3.63, 3.8) is 0 Å². The first-order valence-corrected chi connectivity index (χ1v) is 8.00. The van der Waals surface area contributed by atoms with Gasteiger partial charge in [0.15, 0.2) is 0 Å². The molecule has 2 aromatic rings. The molecule has 0 bridgehead atoms. The molecule has 1 aliphatic rings. The minimum Gasteiger partial charge on any atom is -0.325 e. The minimum atomic E-state index is -0.925. The van der Waals surface area contributed by atoms with Gasteiger partial charge in [0.1, 0.15) is 23.7 Å². The summed E-state index contributed by atoms with van der Waals surface area (Å²) in [6.45, 7) is 3.75. The molecule has 1 saturated heterocycles. The second-order valence-corrected chi connectivity index (χ2v) is 6.22. The van der Waals surface area contributed by atoms with E-state index in [2.05, 4.69) is 0 Å². The van der Waals surface area contributed by atoms with Crippen molar-refractivity contribution in [1.82, 2.24) is 4.90 Å². The third kappa shape index (κ3) is 3.24. The largest absolute Gasteiger partial charge is 0.325 e. The number of rotatable bonds is 2. The Kier molecular flexibility index (Phi) is 4.53. The van der Waals surface area contributed by atoms with Crippen molar-refractivity contribution >= 4 is 17.5 Å². The van der Waals surface area contributed by atoms with Gasteiger partial charge in [0.2, 0.25) is 5.91 Å². The molecule has 4 nitrogen and oxygen atoms in total. The highest BCUT2D eigenvalue weighted by Crippen LogP contribution is 2.23. The number of hydrogen-bond acceptors (Lipinski definition) is 2. The SMILES string of the molecule is Cc1ccc(N2C[C@@H](C)N(C(=O)c3c(F)cccc3F)CC2=O)cc1. The number of hydrogen-bond donors (Lipinski definition) is 0. The van der Waals surface area contributed by atoms with E-state index < -0.39 is 23.1 Å². The number of carbonyl (C=O) groups excluding carboxylic acids is 2. The summed E-state index contributed by atoms with van der Waals surface area (Å²) in [5.41, 5.74) is 1.20. The van der Waals surface area contributed by atoms with Crippen molar-refractivity contribution < 1.29 is 18.4 Å². The van der Waals surface area contributed by atoms with Crippen molar-refractivity contribution in [1.29, 1.82) is 0 Å². The van der Waals surface area contributed by atoms with E-state index in [4.69, 9.17) is 0 Å². The molecule has 0 radical (unpaired) electrons. The van der Waals surface area contributed by atoms with Crippen LogP contribution in [-0.2, 0) is 4.79 Å². The first-order chi connectivity index (χ1) is 11.9. The van der Waals surface area contributed by atoms with Crippen LogP contribution in [0.4, 0.5) is 14.5 Å². The predicted octanol–water partition coefficient (Wildman–Crippen LogP) is 3.15. The highest BCUT2D eigenvalue weighted by Gasteiger charge is 2.35. The molecule has 0 aliphatic carbocycles. The fourth-order valence-corrected chi connectivity index (χ4v) is 2.94. The molecule has 130 valence electrons. The maximum absolute atomic E-state index is 13.9. The van der Waals surface area contributed by atoms with Gasteiger partial charge >= 0.3 is 0 Å². The monoisotopic (exact) mass is 344 g/mol. The lowest BCUT2D eigenvalue weighted by Crippen LogP contribution is -2.57. The second kappa shape index (κ2) is 6.63. The van der Waals surface area contributed by atoms with E-state index in [9.17, 15) is 18.4 Å². The number of piperazine rings is 1. The Morgan fingerprint density at radius 1 is 1.08 bits per heavy atom. The van der Waals surface area contributed by atoms with E-state index >= 15 is 0 Å². The van der Waals surface area contributed by atoms with Crippen molar-refractivity contribution in [3.8, 4) is 0 Å². The number of nitrogens with zero attached hydrogens (tertiary/aromatic N) is 2. The van der Waals surface area contributed by atoms with Gasteiger partial charge < -0.3 is 9.80 Å². The molecule has 1 aliphatic heterocycles. The first-order valence-electron chi connectivity index (χ1n) is 8.00. The second-order valence-electron chi connectivity index (χ2n) is 6.22. The van der Waals surface area contributed by atoms with Crippen LogP contribution in [0.1, 0.15) is 22.8 Å². The van der Waals surface area contributed by atoms with Crippen LogP contribution in [0.5, 0.6) is 0 Å².